The van der Waals surface area contributed by atoms with Crippen molar-refractivity contribution in [3.8, 4) is 0 Å². The maximum absolute atomic E-state index is 12.9. The number of carbonyl (C=O) groups is 5. The predicted octanol–water partition coefficient (Wildman–Crippen LogP) is -1.31. The van der Waals surface area contributed by atoms with Crippen molar-refractivity contribution < 1.29 is 29.1 Å². The average molecular weight is 631 g/mol. The molecule has 0 aliphatic rings. The van der Waals surface area contributed by atoms with Gasteiger partial charge in [0, 0.05) is 41.7 Å². The molecular weight excluding hydrogens is 593 g/mol. The highest BCUT2D eigenvalue weighted by Gasteiger charge is 2.26. The predicted molar refractivity (Wildman–Crippen MR) is 166 cm³/mol. The van der Waals surface area contributed by atoms with Crippen LogP contribution in [0.25, 0.3) is 0 Å². The molecule has 0 fully saturated rings. The van der Waals surface area contributed by atoms with E-state index in [9.17, 15) is 29.1 Å². The summed E-state index contributed by atoms with van der Waals surface area (Å²) in [7, 11) is 0. The van der Waals surface area contributed by atoms with E-state index >= 15 is 0 Å². The number of nitrogens with one attached hydrogen (secondary N) is 4. The van der Waals surface area contributed by atoms with E-state index in [0.717, 1.165) is 0 Å². The van der Waals surface area contributed by atoms with Crippen molar-refractivity contribution in [2.45, 2.75) is 36.2 Å². The van der Waals surface area contributed by atoms with Gasteiger partial charge in [-0.05, 0) is 31.0 Å². The Hall–Kier alpha value is -3.15. The summed E-state index contributed by atoms with van der Waals surface area (Å²) in [5, 5.41) is 19.1. The van der Waals surface area contributed by atoms with Crippen LogP contribution in [0.3, 0.4) is 0 Å². The Morgan fingerprint density at radius 1 is 0.976 bits per heavy atom. The molecule has 0 aromatic heterocycles. The molecule has 1 rings (SSSR count). The van der Waals surface area contributed by atoms with Gasteiger partial charge in [-0.2, -0.15) is 25.3 Å². The summed E-state index contributed by atoms with van der Waals surface area (Å²) in [6.45, 7) is 0.755. The first-order valence-electron chi connectivity index (χ1n) is 12.6. The number of guanidine groups is 1. The van der Waals surface area contributed by atoms with Crippen LogP contribution in [0.2, 0.25) is 0 Å². The van der Waals surface area contributed by atoms with Gasteiger partial charge in [-0.25, -0.2) is 0 Å². The quantitative estimate of drug-likeness (QED) is 0.0379. The first-order chi connectivity index (χ1) is 19.4. The van der Waals surface area contributed by atoms with Crippen molar-refractivity contribution in [1.82, 2.24) is 20.9 Å². The highest BCUT2D eigenvalue weighted by Crippen LogP contribution is 2.14. The smallest absolute Gasteiger partial charge is 0.305 e. The van der Waals surface area contributed by atoms with E-state index in [4.69, 9.17) is 11.5 Å². The number of thiol groups is 3. The number of carboxylic acid groups (broad SMARTS) is 1. The van der Waals surface area contributed by atoms with E-state index < -0.39 is 54.6 Å². The zero-order valence-corrected chi connectivity index (χ0v) is 25.1. The largest absolute Gasteiger partial charge is 0.481 e. The summed E-state index contributed by atoms with van der Waals surface area (Å²) in [6.07, 6.45) is -0.165. The van der Waals surface area contributed by atoms with Crippen LogP contribution in [0.4, 0.5) is 5.69 Å². The molecule has 0 saturated heterocycles. The number of aliphatic carboxylic acids is 1. The Labute approximate surface area is 255 Å². The van der Waals surface area contributed by atoms with Gasteiger partial charge in [-0.3, -0.25) is 33.9 Å². The van der Waals surface area contributed by atoms with E-state index in [1.54, 1.807) is 24.3 Å². The fourth-order valence-electron chi connectivity index (χ4n) is 3.50. The lowest BCUT2D eigenvalue weighted by Gasteiger charge is -2.23. The third-order valence-electron chi connectivity index (χ3n) is 5.36. The van der Waals surface area contributed by atoms with Crippen LogP contribution in [0, 0.1) is 0 Å². The van der Waals surface area contributed by atoms with Gasteiger partial charge in [0.2, 0.25) is 23.6 Å². The topological polar surface area (TPSA) is 221 Å². The molecule has 14 nitrogen and oxygen atoms in total. The molecule has 228 valence electrons. The van der Waals surface area contributed by atoms with Crippen molar-refractivity contribution >= 4 is 79.1 Å². The van der Waals surface area contributed by atoms with Gasteiger partial charge < -0.3 is 37.8 Å². The number of carboxylic acids is 1. The Bertz CT molecular complexity index is 1070. The summed E-state index contributed by atoms with van der Waals surface area (Å²) < 4.78 is 0. The molecule has 0 radical (unpaired) electrons. The third-order valence-corrected chi connectivity index (χ3v) is 6.04. The molecule has 1 aromatic carbocycles. The third kappa shape index (κ3) is 16.0. The fourth-order valence-corrected chi connectivity index (χ4v) is 4.29. The van der Waals surface area contributed by atoms with Crippen LogP contribution >= 0.6 is 37.9 Å². The fraction of sp³-hybridized carbons (Fsp3) is 0.500. The molecule has 9 N–H and O–H groups in total. The van der Waals surface area contributed by atoms with E-state index in [0.29, 0.717) is 41.6 Å². The second kappa shape index (κ2) is 19.8. The molecule has 0 heterocycles. The van der Waals surface area contributed by atoms with Crippen molar-refractivity contribution in [1.29, 1.82) is 0 Å². The summed E-state index contributed by atoms with van der Waals surface area (Å²) in [5.74, 6) is -3.00. The molecule has 1 aromatic rings. The van der Waals surface area contributed by atoms with Crippen LogP contribution in [-0.2, 0) is 24.0 Å². The highest BCUT2D eigenvalue weighted by molar-refractivity contribution is 7.80. The number of hydrogen-bond acceptors (Lipinski definition) is 10. The lowest BCUT2D eigenvalue weighted by molar-refractivity contribution is -0.140. The normalized spacial score (nSPS) is 12.1. The molecule has 2 atom stereocenters. The van der Waals surface area contributed by atoms with E-state index in [1.807, 2.05) is 4.90 Å². The van der Waals surface area contributed by atoms with Crippen LogP contribution in [0.5, 0.6) is 0 Å². The lowest BCUT2D eigenvalue weighted by Crippen LogP contribution is -2.53. The number of nitrogens with zero attached hydrogens (tertiary/aromatic N) is 2. The second-order valence-corrected chi connectivity index (χ2v) is 10.2. The maximum Gasteiger partial charge on any atom is 0.305 e. The SMILES string of the molecule is NC(N)=NCCC[C@@H](NC(=O)CN(CCS)CCS)C(=O)NCC(=O)N[C@@H](CC(=O)O)C(=O)Nc1cccc(S)c1. The summed E-state index contributed by atoms with van der Waals surface area (Å²) >= 11 is 12.6. The van der Waals surface area contributed by atoms with E-state index in [1.165, 1.54) is 0 Å². The highest BCUT2D eigenvalue weighted by atomic mass is 32.1. The first-order valence-corrected chi connectivity index (χ1v) is 14.3. The van der Waals surface area contributed by atoms with Gasteiger partial charge in [0.25, 0.3) is 0 Å². The number of carbonyl (C=O) groups excluding carboxylic acids is 4. The number of benzene rings is 1. The van der Waals surface area contributed by atoms with E-state index in [2.05, 4.69) is 64.1 Å². The van der Waals surface area contributed by atoms with Crippen LogP contribution in [-0.4, -0.2) is 102 Å². The molecule has 4 amide bonds. The molecular formula is C24H38N8O6S3. The number of nitrogens with two attached hydrogens (primary N) is 2. The molecule has 41 heavy (non-hydrogen) atoms. The van der Waals surface area contributed by atoms with Crippen molar-refractivity contribution in [3.05, 3.63) is 24.3 Å². The van der Waals surface area contributed by atoms with Gasteiger partial charge >= 0.3 is 5.97 Å². The standard InChI is InChI=1S/C24H38N8O6S3/c25-24(26)27-6-2-5-17(30-20(34)14-32(7-9-39)8-10-40)22(37)28-13-19(33)31-18(12-21(35)36)23(38)29-15-3-1-4-16(41)11-15/h1,3-4,11,17-18,39-41H,2,5-10,12-14H2,(H,28,37)(H,29,38)(H,30,34)(H,31,33)(H,35,36)(H4,25,26,27)/t17-,18+/m1/s1. The minimum Gasteiger partial charge on any atom is -0.481 e. The Balaban J connectivity index is 2.82. The van der Waals surface area contributed by atoms with Crippen molar-refractivity contribution in [3.63, 3.8) is 0 Å². The minimum atomic E-state index is -1.42. The molecule has 0 spiro atoms. The minimum absolute atomic E-state index is 0.0153. The van der Waals surface area contributed by atoms with Gasteiger partial charge in [0.05, 0.1) is 19.5 Å². The Morgan fingerprint density at radius 2 is 1.63 bits per heavy atom. The number of rotatable bonds is 19. The average Bonchev–Trinajstić information content (AvgIpc) is 2.88. The second-order valence-electron chi connectivity index (χ2n) is 8.77. The maximum atomic E-state index is 12.9. The number of hydrogen-bond donors (Lipinski definition) is 10. The Morgan fingerprint density at radius 3 is 2.22 bits per heavy atom. The van der Waals surface area contributed by atoms with E-state index in [-0.39, 0.29) is 25.5 Å². The monoisotopic (exact) mass is 630 g/mol. The van der Waals surface area contributed by atoms with Gasteiger partial charge in [0.1, 0.15) is 12.1 Å². The van der Waals surface area contributed by atoms with Gasteiger partial charge in [-0.15, -0.1) is 12.6 Å². The van der Waals surface area contributed by atoms with Gasteiger partial charge in [-0.1, -0.05) is 6.07 Å². The molecule has 0 aliphatic carbocycles. The molecule has 0 aliphatic heterocycles. The van der Waals surface area contributed by atoms with Crippen molar-refractivity contribution in [2.24, 2.45) is 16.5 Å². The van der Waals surface area contributed by atoms with Gasteiger partial charge in [0.15, 0.2) is 5.96 Å². The van der Waals surface area contributed by atoms with Crippen LogP contribution < -0.4 is 32.7 Å². The summed E-state index contributed by atoms with van der Waals surface area (Å²) in [4.78, 5) is 68.3. The number of aliphatic imine (C=N–C) groups is 1. The first kappa shape index (κ1) is 35.9. The van der Waals surface area contributed by atoms with Crippen molar-refractivity contribution in [2.75, 3.05) is 49.5 Å². The molecule has 0 saturated carbocycles. The summed E-state index contributed by atoms with van der Waals surface area (Å²) in [6, 6.07) is 4.04. The molecule has 0 bridgehead atoms. The summed E-state index contributed by atoms with van der Waals surface area (Å²) in [5.41, 5.74) is 11.0. The number of anilines is 1. The molecule has 17 heteroatoms. The zero-order chi connectivity index (χ0) is 30.8. The zero-order valence-electron chi connectivity index (χ0n) is 22.4. The lowest BCUT2D eigenvalue weighted by atomic mass is 10.1. The molecule has 0 unspecified atom stereocenters. The Kier molecular flexibility index (Phi) is 17.4. The van der Waals surface area contributed by atoms with Crippen LogP contribution in [0.15, 0.2) is 34.2 Å². The number of amides is 4. The van der Waals surface area contributed by atoms with Crippen LogP contribution in [0.1, 0.15) is 19.3 Å².